The standard InChI is InChI=1S/C33H45BrN4O7/c1-4-12-36(16-15-35-17-20-43-21-18-35)32(42)29-33-22-25(34)28(45-33)26(27(33)31(41)38(29)14-7-19-39)30(40)37(13-5-2)23-8-10-24(11-9-23)44-6-3/h4-5,8-11,25-29,39H,1-2,6-7,12-22H2,3H3/t25?,26-,27+,28-,29?,33?/m1/s1. The predicted octanol–water partition coefficient (Wildman–Crippen LogP) is 2.08. The summed E-state index contributed by atoms with van der Waals surface area (Å²) in [6.07, 6.45) is 3.49. The van der Waals surface area contributed by atoms with Crippen molar-refractivity contribution in [3.63, 3.8) is 0 Å². The van der Waals surface area contributed by atoms with Gasteiger partial charge in [-0.05, 0) is 44.0 Å². The molecule has 5 rings (SSSR count). The number of halogens is 1. The largest absolute Gasteiger partial charge is 0.494 e. The molecule has 3 unspecified atom stereocenters. The van der Waals surface area contributed by atoms with E-state index in [4.69, 9.17) is 14.2 Å². The molecule has 4 saturated heterocycles. The second kappa shape index (κ2) is 14.8. The van der Waals surface area contributed by atoms with Gasteiger partial charge in [0.25, 0.3) is 0 Å². The molecule has 6 atom stereocenters. The molecule has 11 nitrogen and oxygen atoms in total. The summed E-state index contributed by atoms with van der Waals surface area (Å²) in [6, 6.07) is 6.34. The lowest BCUT2D eigenvalue weighted by molar-refractivity contribution is -0.148. The molecule has 45 heavy (non-hydrogen) atoms. The smallest absolute Gasteiger partial charge is 0.248 e. The Morgan fingerprint density at radius 3 is 2.49 bits per heavy atom. The van der Waals surface area contributed by atoms with Gasteiger partial charge in [0.15, 0.2) is 0 Å². The van der Waals surface area contributed by atoms with Crippen molar-refractivity contribution in [2.45, 2.75) is 42.3 Å². The van der Waals surface area contributed by atoms with Crippen LogP contribution in [-0.2, 0) is 23.9 Å². The molecule has 3 amide bonds. The monoisotopic (exact) mass is 688 g/mol. The van der Waals surface area contributed by atoms with Gasteiger partial charge in [0.1, 0.15) is 17.4 Å². The minimum absolute atomic E-state index is 0.131. The molecule has 0 radical (unpaired) electrons. The van der Waals surface area contributed by atoms with Crippen LogP contribution in [0.1, 0.15) is 19.8 Å². The minimum atomic E-state index is -1.18. The van der Waals surface area contributed by atoms with Crippen molar-refractivity contribution in [3.05, 3.63) is 49.6 Å². The van der Waals surface area contributed by atoms with E-state index in [1.54, 1.807) is 26.9 Å². The van der Waals surface area contributed by atoms with Crippen LogP contribution in [0, 0.1) is 11.8 Å². The number of anilines is 1. The van der Waals surface area contributed by atoms with E-state index in [1.165, 1.54) is 0 Å². The van der Waals surface area contributed by atoms with Crippen LogP contribution in [0.15, 0.2) is 49.6 Å². The molecule has 1 N–H and O–H groups in total. The third-order valence-electron chi connectivity index (χ3n) is 9.35. The van der Waals surface area contributed by atoms with E-state index in [2.05, 4.69) is 34.0 Å². The Labute approximate surface area is 273 Å². The summed E-state index contributed by atoms with van der Waals surface area (Å²) >= 11 is 3.76. The van der Waals surface area contributed by atoms with Gasteiger partial charge < -0.3 is 34.0 Å². The molecular formula is C33H45BrN4O7. The molecule has 1 aromatic rings. The summed E-state index contributed by atoms with van der Waals surface area (Å²) in [5.74, 6) is -1.70. The zero-order valence-corrected chi connectivity index (χ0v) is 27.6. The number of likely N-dealkylation sites (tertiary alicyclic amines) is 1. The fourth-order valence-corrected chi connectivity index (χ4v) is 8.34. The number of carbonyl (C=O) groups is 3. The van der Waals surface area contributed by atoms with Crippen molar-refractivity contribution >= 4 is 39.3 Å². The average Bonchev–Trinajstić information content (AvgIpc) is 3.64. The number of aliphatic hydroxyl groups excluding tert-OH is 1. The number of nitrogens with zero attached hydrogens (tertiary/aromatic N) is 4. The normalized spacial score (nSPS) is 29.0. The number of aliphatic hydroxyl groups is 1. The Bertz CT molecular complexity index is 1240. The first-order valence-electron chi connectivity index (χ1n) is 15.9. The van der Waals surface area contributed by atoms with Crippen LogP contribution < -0.4 is 9.64 Å². The lowest BCUT2D eigenvalue weighted by Crippen LogP contribution is -2.58. The summed E-state index contributed by atoms with van der Waals surface area (Å²) in [5.41, 5.74) is -0.526. The van der Waals surface area contributed by atoms with Gasteiger partial charge in [-0.1, -0.05) is 28.1 Å². The molecule has 4 heterocycles. The van der Waals surface area contributed by atoms with Gasteiger partial charge >= 0.3 is 0 Å². The molecule has 4 fully saturated rings. The van der Waals surface area contributed by atoms with Gasteiger partial charge in [-0.2, -0.15) is 0 Å². The highest BCUT2D eigenvalue weighted by Gasteiger charge is 2.76. The molecule has 4 aliphatic rings. The van der Waals surface area contributed by atoms with Gasteiger partial charge in [0, 0.05) is 62.9 Å². The predicted molar refractivity (Wildman–Crippen MR) is 173 cm³/mol. The number of ether oxygens (including phenoxy) is 3. The van der Waals surface area contributed by atoms with E-state index in [-0.39, 0.29) is 42.2 Å². The summed E-state index contributed by atoms with van der Waals surface area (Å²) in [4.78, 5) is 50.3. The second-order valence-corrected chi connectivity index (χ2v) is 13.1. The number of carbonyl (C=O) groups excluding carboxylic acids is 3. The van der Waals surface area contributed by atoms with Crippen molar-refractivity contribution in [2.75, 3.05) is 77.1 Å². The second-order valence-electron chi connectivity index (χ2n) is 12.0. The summed E-state index contributed by atoms with van der Waals surface area (Å²) in [7, 11) is 0. The number of amides is 3. The van der Waals surface area contributed by atoms with Crippen molar-refractivity contribution in [3.8, 4) is 5.75 Å². The first-order chi connectivity index (χ1) is 21.8. The maximum atomic E-state index is 14.5. The Morgan fingerprint density at radius 2 is 1.84 bits per heavy atom. The van der Waals surface area contributed by atoms with Crippen LogP contribution in [0.25, 0.3) is 0 Å². The van der Waals surface area contributed by atoms with E-state index in [1.807, 2.05) is 31.2 Å². The maximum absolute atomic E-state index is 14.5. The highest BCUT2D eigenvalue weighted by atomic mass is 79.9. The van der Waals surface area contributed by atoms with Crippen LogP contribution in [0.5, 0.6) is 5.75 Å². The lowest BCUT2D eigenvalue weighted by Gasteiger charge is -2.38. The molecule has 0 saturated carbocycles. The summed E-state index contributed by atoms with van der Waals surface area (Å²) in [6.45, 7) is 14.8. The number of benzene rings is 1. The number of fused-ring (bicyclic) bond motifs is 1. The third kappa shape index (κ3) is 6.44. The molecule has 0 aromatic heterocycles. The zero-order valence-electron chi connectivity index (χ0n) is 26.0. The highest BCUT2D eigenvalue weighted by Crippen LogP contribution is 2.60. The molecule has 0 aliphatic carbocycles. The van der Waals surface area contributed by atoms with E-state index in [0.717, 1.165) is 13.1 Å². The maximum Gasteiger partial charge on any atom is 0.248 e. The summed E-state index contributed by atoms with van der Waals surface area (Å²) in [5, 5.41) is 9.71. The third-order valence-corrected chi connectivity index (χ3v) is 10.2. The Hall–Kier alpha value is -2.77. The van der Waals surface area contributed by atoms with E-state index < -0.39 is 29.6 Å². The van der Waals surface area contributed by atoms with Crippen LogP contribution >= 0.6 is 15.9 Å². The van der Waals surface area contributed by atoms with Gasteiger partial charge in [0.2, 0.25) is 17.7 Å². The van der Waals surface area contributed by atoms with Gasteiger partial charge in [-0.15, -0.1) is 13.2 Å². The van der Waals surface area contributed by atoms with Crippen LogP contribution in [0.2, 0.25) is 0 Å². The van der Waals surface area contributed by atoms with Crippen LogP contribution in [0.3, 0.4) is 0 Å². The molecule has 1 aromatic carbocycles. The molecule has 246 valence electrons. The van der Waals surface area contributed by atoms with E-state index in [0.29, 0.717) is 63.7 Å². The van der Waals surface area contributed by atoms with Crippen molar-refractivity contribution in [1.82, 2.24) is 14.7 Å². The molecule has 12 heteroatoms. The van der Waals surface area contributed by atoms with Gasteiger partial charge in [-0.3, -0.25) is 19.3 Å². The van der Waals surface area contributed by atoms with Crippen molar-refractivity contribution < 1.29 is 33.7 Å². The van der Waals surface area contributed by atoms with Crippen LogP contribution in [-0.4, -0.2) is 132 Å². The SMILES string of the molecule is C=CCN(CCN1CCOCC1)C(=O)C1N(CCCO)C(=O)[C@@H]2[C@@H](C(=O)N(CC=C)c3ccc(OCC)cc3)[C@@H]3OC12CC3Br. The molecule has 2 bridgehead atoms. The van der Waals surface area contributed by atoms with E-state index >= 15 is 0 Å². The topological polar surface area (TPSA) is 112 Å². The number of rotatable bonds is 15. The number of hydrogen-bond donors (Lipinski definition) is 1. The highest BCUT2D eigenvalue weighted by molar-refractivity contribution is 9.09. The first kappa shape index (κ1) is 33.6. The first-order valence-corrected chi connectivity index (χ1v) is 16.8. The minimum Gasteiger partial charge on any atom is -0.494 e. The average molecular weight is 690 g/mol. The Balaban J connectivity index is 1.47. The van der Waals surface area contributed by atoms with Crippen molar-refractivity contribution in [1.29, 1.82) is 0 Å². The number of hydrogen-bond acceptors (Lipinski definition) is 8. The Morgan fingerprint density at radius 1 is 1.13 bits per heavy atom. The van der Waals surface area contributed by atoms with Gasteiger partial charge in [0.05, 0.1) is 37.8 Å². The number of morpholine rings is 1. The summed E-state index contributed by atoms with van der Waals surface area (Å²) < 4.78 is 17.8. The quantitative estimate of drug-likeness (QED) is 0.220. The van der Waals surface area contributed by atoms with Gasteiger partial charge in [-0.25, -0.2) is 0 Å². The molecular weight excluding hydrogens is 644 g/mol. The molecule has 4 aliphatic heterocycles. The lowest BCUT2D eigenvalue weighted by atomic mass is 9.70. The fourth-order valence-electron chi connectivity index (χ4n) is 7.40. The zero-order chi connectivity index (χ0) is 32.1. The van der Waals surface area contributed by atoms with Crippen LogP contribution in [0.4, 0.5) is 5.69 Å². The fraction of sp³-hybridized carbons (Fsp3) is 0.606. The van der Waals surface area contributed by atoms with Crippen molar-refractivity contribution in [2.24, 2.45) is 11.8 Å². The Kier molecular flexibility index (Phi) is 11.0. The van der Waals surface area contributed by atoms with E-state index in [9.17, 15) is 19.5 Å². The number of alkyl halides is 1. The molecule has 1 spiro atoms.